The first kappa shape index (κ1) is 13.3. The zero-order valence-electron chi connectivity index (χ0n) is 7.16. The third-order valence-corrected chi connectivity index (χ3v) is 1.46. The lowest BCUT2D eigenvalue weighted by Gasteiger charge is -2.05. The van der Waals surface area contributed by atoms with Crippen LogP contribution in [0.15, 0.2) is 0 Å². The predicted octanol–water partition coefficient (Wildman–Crippen LogP) is -0.193. The Balaban J connectivity index is 3.15. The van der Waals surface area contributed by atoms with Crippen molar-refractivity contribution in [3.05, 3.63) is 0 Å². The van der Waals surface area contributed by atoms with Gasteiger partial charge >= 0.3 is 14.0 Å². The molecule has 14 heavy (non-hydrogen) atoms. The van der Waals surface area contributed by atoms with Crippen molar-refractivity contribution in [3.8, 4) is 0 Å². The summed E-state index contributed by atoms with van der Waals surface area (Å²) in [7, 11) is -4.44. The van der Waals surface area contributed by atoms with Crippen LogP contribution < -0.4 is 0 Å². The molecule has 9 heteroatoms. The highest BCUT2D eigenvalue weighted by Gasteiger charge is 2.12. The highest BCUT2D eigenvalue weighted by atomic mass is 31.2. The van der Waals surface area contributed by atoms with Gasteiger partial charge in [0.1, 0.15) is 6.61 Å². The van der Waals surface area contributed by atoms with Crippen molar-refractivity contribution in [3.63, 3.8) is 0 Å². The van der Waals surface area contributed by atoms with E-state index in [2.05, 4.69) is 9.26 Å². The summed E-state index contributed by atoms with van der Waals surface area (Å²) >= 11 is 0. The average Bonchev–Trinajstić information content (AvgIpc) is 2.00. The largest absolute Gasteiger partial charge is 0.505 e. The van der Waals surface area contributed by atoms with Gasteiger partial charge in [-0.05, 0) is 0 Å². The van der Waals surface area contributed by atoms with Gasteiger partial charge in [-0.25, -0.2) is 9.36 Å². The molecule has 0 fully saturated rings. The van der Waals surface area contributed by atoms with E-state index in [0.29, 0.717) is 0 Å². The molecule has 0 aliphatic heterocycles. The van der Waals surface area contributed by atoms with Crippen LogP contribution in [0.25, 0.3) is 0 Å². The van der Waals surface area contributed by atoms with E-state index in [0.717, 1.165) is 0 Å². The fourth-order valence-electron chi connectivity index (χ4n) is 0.505. The fraction of sp³-hybridized carbons (Fsp3) is 0.800. The first-order chi connectivity index (χ1) is 6.42. The molecule has 0 saturated heterocycles. The summed E-state index contributed by atoms with van der Waals surface area (Å²) in [5.74, 6) is 0. The van der Waals surface area contributed by atoms with Crippen molar-refractivity contribution in [1.29, 1.82) is 0 Å². The van der Waals surface area contributed by atoms with Crippen LogP contribution in [-0.4, -0.2) is 47.5 Å². The zero-order chi connectivity index (χ0) is 11.0. The Morgan fingerprint density at radius 1 is 1.14 bits per heavy atom. The first-order valence-electron chi connectivity index (χ1n) is 3.55. The molecule has 0 aliphatic carbocycles. The van der Waals surface area contributed by atoms with Crippen molar-refractivity contribution in [2.75, 3.05) is 26.4 Å². The number of hydrogen-bond donors (Lipinski definition) is 3. The molecular formula is C5H11O8P. The Hall–Kier alpha value is -0.660. The molecule has 0 radical (unpaired) electrons. The Bertz CT molecular complexity index is 210. The van der Waals surface area contributed by atoms with Gasteiger partial charge in [-0.2, -0.15) is 0 Å². The number of phosphoric acid groups is 1. The summed E-state index contributed by atoms with van der Waals surface area (Å²) < 4.78 is 23.0. The summed E-state index contributed by atoms with van der Waals surface area (Å²) in [5.41, 5.74) is 0. The van der Waals surface area contributed by atoms with E-state index in [9.17, 15) is 9.36 Å². The Morgan fingerprint density at radius 3 is 2.21 bits per heavy atom. The summed E-state index contributed by atoms with van der Waals surface area (Å²) in [6.45, 7) is -0.437. The second-order valence-electron chi connectivity index (χ2n) is 2.05. The molecular weight excluding hydrogens is 219 g/mol. The Morgan fingerprint density at radius 2 is 1.71 bits per heavy atom. The molecule has 3 N–H and O–H groups in total. The standard InChI is InChI=1S/C5H11O8P/c6-5(7)12-3-1-11-2-4-13-14(8,9)10/h1-4H2,(H,6,7)(H2,8,9,10). The van der Waals surface area contributed by atoms with Crippen LogP contribution >= 0.6 is 7.82 Å². The van der Waals surface area contributed by atoms with Crippen LogP contribution in [0.1, 0.15) is 0 Å². The summed E-state index contributed by atoms with van der Waals surface area (Å²) in [6, 6.07) is 0. The van der Waals surface area contributed by atoms with Crippen molar-refractivity contribution in [2.24, 2.45) is 0 Å². The van der Waals surface area contributed by atoms with E-state index in [1.165, 1.54) is 0 Å². The van der Waals surface area contributed by atoms with Crippen molar-refractivity contribution in [1.82, 2.24) is 0 Å². The van der Waals surface area contributed by atoms with Gasteiger partial charge < -0.3 is 24.4 Å². The maximum absolute atomic E-state index is 10.1. The predicted molar refractivity (Wildman–Crippen MR) is 42.8 cm³/mol. The van der Waals surface area contributed by atoms with Gasteiger partial charge in [-0.1, -0.05) is 0 Å². The van der Waals surface area contributed by atoms with Crippen LogP contribution in [0, 0.1) is 0 Å². The number of hydrogen-bond acceptors (Lipinski definition) is 5. The lowest BCUT2D eigenvalue weighted by atomic mass is 10.7. The smallest absolute Gasteiger partial charge is 0.450 e. The molecule has 0 saturated carbocycles. The molecule has 0 heterocycles. The molecule has 84 valence electrons. The maximum Gasteiger partial charge on any atom is 0.505 e. The van der Waals surface area contributed by atoms with E-state index in [-0.39, 0.29) is 26.4 Å². The molecule has 0 amide bonds. The third-order valence-electron chi connectivity index (χ3n) is 0.940. The molecule has 0 spiro atoms. The normalized spacial score (nSPS) is 11.3. The highest BCUT2D eigenvalue weighted by Crippen LogP contribution is 2.35. The topological polar surface area (TPSA) is 123 Å². The summed E-state index contributed by atoms with van der Waals surface area (Å²) in [6.07, 6.45) is -1.40. The van der Waals surface area contributed by atoms with E-state index in [4.69, 9.17) is 19.6 Å². The molecule has 0 atom stereocenters. The van der Waals surface area contributed by atoms with Gasteiger partial charge in [0.2, 0.25) is 0 Å². The van der Waals surface area contributed by atoms with Crippen LogP contribution in [0.3, 0.4) is 0 Å². The number of phosphoric ester groups is 1. The molecule has 0 aromatic carbocycles. The van der Waals surface area contributed by atoms with Gasteiger partial charge in [-0.3, -0.25) is 4.52 Å². The first-order valence-corrected chi connectivity index (χ1v) is 5.08. The number of ether oxygens (including phenoxy) is 2. The lowest BCUT2D eigenvalue weighted by molar-refractivity contribution is 0.0356. The van der Waals surface area contributed by atoms with Gasteiger partial charge in [0.15, 0.2) is 0 Å². The molecule has 8 nitrogen and oxygen atoms in total. The Kier molecular flexibility index (Phi) is 6.43. The van der Waals surface area contributed by atoms with Crippen LogP contribution in [-0.2, 0) is 18.6 Å². The van der Waals surface area contributed by atoms with E-state index >= 15 is 0 Å². The number of carboxylic acid groups (broad SMARTS) is 1. The second kappa shape index (κ2) is 6.74. The molecule has 0 rings (SSSR count). The molecule has 0 aromatic rings. The van der Waals surface area contributed by atoms with Crippen molar-refractivity contribution in [2.45, 2.75) is 0 Å². The lowest BCUT2D eigenvalue weighted by Crippen LogP contribution is -2.10. The Labute approximate surface area is 79.6 Å². The minimum Gasteiger partial charge on any atom is -0.450 e. The highest BCUT2D eigenvalue weighted by molar-refractivity contribution is 7.46. The van der Waals surface area contributed by atoms with E-state index in [1.54, 1.807) is 0 Å². The van der Waals surface area contributed by atoms with E-state index in [1.807, 2.05) is 0 Å². The second-order valence-corrected chi connectivity index (χ2v) is 3.29. The molecule has 0 unspecified atom stereocenters. The average molecular weight is 230 g/mol. The zero-order valence-corrected chi connectivity index (χ0v) is 8.05. The quantitative estimate of drug-likeness (QED) is 0.312. The van der Waals surface area contributed by atoms with Crippen molar-refractivity contribution < 1.29 is 38.3 Å². The van der Waals surface area contributed by atoms with Gasteiger partial charge in [0, 0.05) is 0 Å². The maximum atomic E-state index is 10.1. The van der Waals surface area contributed by atoms with E-state index < -0.39 is 14.0 Å². The van der Waals surface area contributed by atoms with Crippen LogP contribution in [0.4, 0.5) is 4.79 Å². The summed E-state index contributed by atoms with van der Waals surface area (Å²) in [5, 5.41) is 8.02. The van der Waals surface area contributed by atoms with Crippen LogP contribution in [0.5, 0.6) is 0 Å². The minimum atomic E-state index is -4.44. The van der Waals surface area contributed by atoms with Gasteiger partial charge in [-0.15, -0.1) is 0 Å². The minimum absolute atomic E-state index is 0.0107. The van der Waals surface area contributed by atoms with Crippen LogP contribution in [0.2, 0.25) is 0 Å². The molecule has 0 aromatic heterocycles. The number of carbonyl (C=O) groups is 1. The monoisotopic (exact) mass is 230 g/mol. The molecule has 0 bridgehead atoms. The fourth-order valence-corrected chi connectivity index (χ4v) is 0.817. The third kappa shape index (κ3) is 11.3. The SMILES string of the molecule is O=C(O)OCCOCCOP(=O)(O)O. The van der Waals surface area contributed by atoms with Crippen molar-refractivity contribution >= 4 is 14.0 Å². The van der Waals surface area contributed by atoms with Gasteiger partial charge in [0.25, 0.3) is 0 Å². The number of rotatable bonds is 7. The van der Waals surface area contributed by atoms with Gasteiger partial charge in [0.05, 0.1) is 19.8 Å². The summed E-state index contributed by atoms with van der Waals surface area (Å²) in [4.78, 5) is 26.3. The molecule has 0 aliphatic rings.